The van der Waals surface area contributed by atoms with Gasteiger partial charge in [-0.05, 0) is 45.7 Å². The molecule has 70 valence electrons. The highest BCUT2D eigenvalue weighted by molar-refractivity contribution is 14.1. The smallest absolute Gasteiger partial charge is 0.101 e. The molecule has 2 rings (SSSR count). The van der Waals surface area contributed by atoms with Crippen molar-refractivity contribution in [3.8, 4) is 6.07 Å². The molecule has 2 aromatic rings. The van der Waals surface area contributed by atoms with Crippen LogP contribution in [0.1, 0.15) is 11.1 Å². The molecule has 0 saturated carbocycles. The maximum atomic E-state index is 9.06. The lowest BCUT2D eigenvalue weighted by Crippen LogP contribution is -1.89. The molecule has 1 aromatic heterocycles. The Morgan fingerprint density at radius 3 is 3.00 bits per heavy atom. The number of thiophene rings is 1. The van der Waals surface area contributed by atoms with Crippen LogP contribution in [0.4, 0.5) is 0 Å². The monoisotopic (exact) mass is 333 g/mol. The molecule has 0 N–H and O–H groups in total. The Bertz CT molecular complexity index is 527. The quantitative estimate of drug-likeness (QED) is 0.569. The summed E-state index contributed by atoms with van der Waals surface area (Å²) < 4.78 is 2.11. The molecular weight excluding hydrogens is 329 g/mol. The number of nitriles is 1. The normalized spacial score (nSPS) is 10.4. The van der Waals surface area contributed by atoms with Gasteiger partial charge < -0.3 is 0 Å². The minimum absolute atomic E-state index is 0.459. The summed E-state index contributed by atoms with van der Waals surface area (Å²) in [6, 6.07) is 6.29. The fraction of sp³-hybridized carbons (Fsp3) is 0.100. The summed E-state index contributed by atoms with van der Waals surface area (Å²) in [6.45, 7) is 0. The average Bonchev–Trinajstić information content (AvgIpc) is 2.64. The van der Waals surface area contributed by atoms with E-state index in [-0.39, 0.29) is 0 Å². The second-order valence-corrected chi connectivity index (χ2v) is 5.10. The third kappa shape index (κ3) is 1.52. The molecule has 0 unspecified atom stereocenters. The lowest BCUT2D eigenvalue weighted by Gasteiger charge is -2.03. The van der Waals surface area contributed by atoms with Crippen molar-refractivity contribution in [2.45, 2.75) is 5.88 Å². The van der Waals surface area contributed by atoms with Crippen LogP contribution in [0.3, 0.4) is 0 Å². The Hall–Kier alpha value is -0.310. The number of benzene rings is 1. The largest absolute Gasteiger partial charge is 0.192 e. The fourth-order valence-corrected chi connectivity index (χ4v) is 3.40. The molecule has 4 heteroatoms. The first-order valence-electron chi connectivity index (χ1n) is 3.92. The molecule has 1 aromatic carbocycles. The first-order chi connectivity index (χ1) is 6.77. The van der Waals surface area contributed by atoms with Gasteiger partial charge in [0.1, 0.15) is 6.07 Å². The highest BCUT2D eigenvalue weighted by atomic mass is 127. The van der Waals surface area contributed by atoms with E-state index in [1.165, 1.54) is 0 Å². The summed E-state index contributed by atoms with van der Waals surface area (Å²) in [5.41, 5.74) is 1.79. The van der Waals surface area contributed by atoms with E-state index in [9.17, 15) is 0 Å². The van der Waals surface area contributed by atoms with Crippen molar-refractivity contribution in [1.82, 2.24) is 0 Å². The van der Waals surface area contributed by atoms with E-state index in [2.05, 4.69) is 34.7 Å². The third-order valence-electron chi connectivity index (χ3n) is 2.03. The predicted molar refractivity (Wildman–Crippen MR) is 68.8 cm³/mol. The lowest BCUT2D eigenvalue weighted by molar-refractivity contribution is 1.37. The molecule has 0 aliphatic rings. The van der Waals surface area contributed by atoms with Crippen molar-refractivity contribution in [2.75, 3.05) is 0 Å². The van der Waals surface area contributed by atoms with Crippen LogP contribution in [0, 0.1) is 14.9 Å². The van der Waals surface area contributed by atoms with Gasteiger partial charge in [-0.15, -0.1) is 22.9 Å². The van der Waals surface area contributed by atoms with Crippen LogP contribution in [0.5, 0.6) is 0 Å². The van der Waals surface area contributed by atoms with Crippen LogP contribution < -0.4 is 0 Å². The van der Waals surface area contributed by atoms with Crippen LogP contribution in [-0.2, 0) is 5.88 Å². The zero-order chi connectivity index (χ0) is 10.1. The molecular formula is C10H5ClINS. The van der Waals surface area contributed by atoms with Crippen LogP contribution in [0.15, 0.2) is 17.5 Å². The van der Waals surface area contributed by atoms with Crippen LogP contribution >= 0.6 is 45.5 Å². The average molecular weight is 334 g/mol. The van der Waals surface area contributed by atoms with E-state index in [1.807, 2.05) is 11.4 Å². The fourth-order valence-electron chi connectivity index (χ4n) is 1.35. The number of hydrogen-bond acceptors (Lipinski definition) is 2. The summed E-state index contributed by atoms with van der Waals surface area (Å²) in [7, 11) is 0. The van der Waals surface area contributed by atoms with Crippen molar-refractivity contribution >= 4 is 55.6 Å². The molecule has 0 fully saturated rings. The predicted octanol–water partition coefficient (Wildman–Crippen LogP) is 4.12. The van der Waals surface area contributed by atoms with E-state index in [1.54, 1.807) is 11.3 Å². The zero-order valence-electron chi connectivity index (χ0n) is 7.05. The van der Waals surface area contributed by atoms with Crippen LogP contribution in [-0.4, -0.2) is 0 Å². The summed E-state index contributed by atoms with van der Waals surface area (Å²) >= 11 is 9.65. The Labute approximate surface area is 104 Å². The Morgan fingerprint density at radius 2 is 2.36 bits per heavy atom. The summed E-state index contributed by atoms with van der Waals surface area (Å²) in [4.78, 5) is 0. The van der Waals surface area contributed by atoms with Gasteiger partial charge in [0.2, 0.25) is 0 Å². The third-order valence-corrected chi connectivity index (χ3v) is 4.41. The zero-order valence-corrected chi connectivity index (χ0v) is 10.8. The number of rotatable bonds is 1. The minimum Gasteiger partial charge on any atom is -0.192 e. The minimum atomic E-state index is 0.459. The first kappa shape index (κ1) is 10.2. The van der Waals surface area contributed by atoms with E-state index >= 15 is 0 Å². The first-order valence-corrected chi connectivity index (χ1v) is 6.42. The molecule has 14 heavy (non-hydrogen) atoms. The Balaban J connectivity index is 2.89. The Kier molecular flexibility index (Phi) is 2.96. The van der Waals surface area contributed by atoms with Crippen molar-refractivity contribution in [3.63, 3.8) is 0 Å². The van der Waals surface area contributed by atoms with E-state index < -0.39 is 0 Å². The van der Waals surface area contributed by atoms with Gasteiger partial charge in [-0.25, -0.2) is 0 Å². The number of hydrogen-bond donors (Lipinski definition) is 0. The summed E-state index contributed by atoms with van der Waals surface area (Å²) in [5, 5.41) is 12.1. The lowest BCUT2D eigenvalue weighted by atomic mass is 10.1. The second-order valence-electron chi connectivity index (χ2n) is 2.80. The van der Waals surface area contributed by atoms with E-state index in [4.69, 9.17) is 16.9 Å². The molecule has 1 nitrogen and oxygen atoms in total. The highest BCUT2D eigenvalue weighted by Gasteiger charge is 2.10. The van der Waals surface area contributed by atoms with Gasteiger partial charge in [-0.1, -0.05) is 0 Å². The van der Waals surface area contributed by atoms with Gasteiger partial charge in [-0.2, -0.15) is 5.26 Å². The Morgan fingerprint density at radius 1 is 1.57 bits per heavy atom. The topological polar surface area (TPSA) is 23.8 Å². The molecule has 0 saturated heterocycles. The van der Waals surface area contributed by atoms with Gasteiger partial charge in [0.15, 0.2) is 0 Å². The summed E-state index contributed by atoms with van der Waals surface area (Å²) in [5.74, 6) is 0.459. The molecule has 0 spiro atoms. The maximum Gasteiger partial charge on any atom is 0.101 e. The molecule has 0 bridgehead atoms. The van der Waals surface area contributed by atoms with Gasteiger partial charge in [0.25, 0.3) is 0 Å². The maximum absolute atomic E-state index is 9.06. The molecule has 0 atom stereocenters. The van der Waals surface area contributed by atoms with Crippen molar-refractivity contribution in [3.05, 3.63) is 32.2 Å². The molecule has 0 aliphatic carbocycles. The molecule has 1 heterocycles. The highest BCUT2D eigenvalue weighted by Crippen LogP contribution is 2.31. The van der Waals surface area contributed by atoms with Crippen molar-refractivity contribution in [2.24, 2.45) is 0 Å². The standard InChI is InChI=1S/C10H5ClINS/c11-4-6-3-9-7(1-2-14-9)8(5-13)10(6)12/h1-3H,4H2. The summed E-state index contributed by atoms with van der Waals surface area (Å²) in [6.07, 6.45) is 0. The molecule has 0 amide bonds. The van der Waals surface area contributed by atoms with Gasteiger partial charge in [0.05, 0.1) is 5.56 Å². The van der Waals surface area contributed by atoms with Crippen LogP contribution in [0.25, 0.3) is 10.1 Å². The van der Waals surface area contributed by atoms with Crippen LogP contribution in [0.2, 0.25) is 0 Å². The van der Waals surface area contributed by atoms with Gasteiger partial charge >= 0.3 is 0 Å². The number of halogens is 2. The van der Waals surface area contributed by atoms with Crippen molar-refractivity contribution in [1.29, 1.82) is 5.26 Å². The number of alkyl halides is 1. The second kappa shape index (κ2) is 4.05. The van der Waals surface area contributed by atoms with E-state index in [0.29, 0.717) is 5.88 Å². The van der Waals surface area contributed by atoms with Gasteiger partial charge in [0, 0.05) is 19.5 Å². The molecule has 0 aliphatic heterocycles. The van der Waals surface area contributed by atoms with Crippen molar-refractivity contribution < 1.29 is 0 Å². The number of nitrogens with zero attached hydrogens (tertiary/aromatic N) is 1. The van der Waals surface area contributed by atoms with Gasteiger partial charge in [-0.3, -0.25) is 0 Å². The van der Waals surface area contributed by atoms with E-state index in [0.717, 1.165) is 24.8 Å². The number of fused-ring (bicyclic) bond motifs is 1. The molecule has 0 radical (unpaired) electrons. The SMILES string of the molecule is N#Cc1c(I)c(CCl)cc2sccc12.